The summed E-state index contributed by atoms with van der Waals surface area (Å²) < 4.78 is 0. The maximum absolute atomic E-state index is 4.27. The SMILES string of the molecule is SCC1CSC(CS)CS1. The lowest BCUT2D eigenvalue weighted by molar-refractivity contribution is 1.06. The van der Waals surface area contributed by atoms with Crippen LogP contribution < -0.4 is 0 Å². The zero-order chi connectivity index (χ0) is 7.40. The molecule has 4 heteroatoms. The van der Waals surface area contributed by atoms with E-state index in [1.165, 1.54) is 11.5 Å². The third-order valence-electron chi connectivity index (χ3n) is 1.44. The highest BCUT2D eigenvalue weighted by Crippen LogP contribution is 2.30. The second kappa shape index (κ2) is 5.12. The number of thiol groups is 2. The molecule has 0 aliphatic carbocycles. The summed E-state index contributed by atoms with van der Waals surface area (Å²) in [4.78, 5) is 0. The highest BCUT2D eigenvalue weighted by molar-refractivity contribution is 8.07. The molecule has 0 aromatic heterocycles. The van der Waals surface area contributed by atoms with Gasteiger partial charge in [0.1, 0.15) is 0 Å². The van der Waals surface area contributed by atoms with Gasteiger partial charge >= 0.3 is 0 Å². The maximum Gasteiger partial charge on any atom is 0.0226 e. The molecule has 0 radical (unpaired) electrons. The van der Waals surface area contributed by atoms with Gasteiger partial charge in [-0.2, -0.15) is 48.8 Å². The minimum Gasteiger partial charge on any atom is -0.178 e. The van der Waals surface area contributed by atoms with Gasteiger partial charge in [-0.25, -0.2) is 0 Å². The van der Waals surface area contributed by atoms with Crippen LogP contribution in [0, 0.1) is 0 Å². The van der Waals surface area contributed by atoms with Crippen LogP contribution in [-0.2, 0) is 0 Å². The summed E-state index contributed by atoms with van der Waals surface area (Å²) in [6.45, 7) is 0. The van der Waals surface area contributed by atoms with E-state index in [4.69, 9.17) is 0 Å². The summed E-state index contributed by atoms with van der Waals surface area (Å²) in [5, 5.41) is 1.56. The van der Waals surface area contributed by atoms with Crippen LogP contribution in [0.3, 0.4) is 0 Å². The van der Waals surface area contributed by atoms with E-state index in [0.29, 0.717) is 0 Å². The molecule has 0 bridgehead atoms. The second-order valence-corrected chi connectivity index (χ2v) is 5.67. The van der Waals surface area contributed by atoms with E-state index < -0.39 is 0 Å². The Hall–Kier alpha value is 1.40. The third kappa shape index (κ3) is 2.80. The predicted octanol–water partition coefficient (Wildman–Crippen LogP) is 2.06. The lowest BCUT2D eigenvalue weighted by Crippen LogP contribution is -2.23. The average molecular weight is 212 g/mol. The first kappa shape index (κ1) is 9.49. The largest absolute Gasteiger partial charge is 0.178 e. The van der Waals surface area contributed by atoms with Crippen LogP contribution in [0.15, 0.2) is 0 Å². The van der Waals surface area contributed by atoms with Gasteiger partial charge in [-0.3, -0.25) is 0 Å². The standard InChI is InChI=1S/C6H12S4/c7-1-5-3-10-6(2-8)4-9-5/h5-8H,1-4H2. The van der Waals surface area contributed by atoms with Gasteiger partial charge in [-0.05, 0) is 0 Å². The molecule has 60 valence electrons. The Morgan fingerprint density at radius 1 is 1.00 bits per heavy atom. The van der Waals surface area contributed by atoms with Gasteiger partial charge in [0.2, 0.25) is 0 Å². The molecule has 2 atom stereocenters. The lowest BCUT2D eigenvalue weighted by atomic mass is 10.5. The van der Waals surface area contributed by atoms with Crippen molar-refractivity contribution in [2.75, 3.05) is 23.0 Å². The minimum atomic E-state index is 0.782. The van der Waals surface area contributed by atoms with Gasteiger partial charge in [0, 0.05) is 33.5 Å². The summed E-state index contributed by atoms with van der Waals surface area (Å²) in [5.74, 6) is 4.58. The van der Waals surface area contributed by atoms with Crippen molar-refractivity contribution in [2.24, 2.45) is 0 Å². The summed E-state index contributed by atoms with van der Waals surface area (Å²) in [5.41, 5.74) is 0. The molecule has 1 heterocycles. The van der Waals surface area contributed by atoms with E-state index in [2.05, 4.69) is 25.3 Å². The van der Waals surface area contributed by atoms with Gasteiger partial charge in [0.05, 0.1) is 0 Å². The molecule has 0 aromatic rings. The van der Waals surface area contributed by atoms with Gasteiger partial charge in [-0.15, -0.1) is 0 Å². The fourth-order valence-electron chi connectivity index (χ4n) is 0.794. The Morgan fingerprint density at radius 3 is 1.60 bits per heavy atom. The molecule has 10 heavy (non-hydrogen) atoms. The second-order valence-electron chi connectivity index (χ2n) is 2.28. The Labute approximate surface area is 82.1 Å². The van der Waals surface area contributed by atoms with Gasteiger partial charge in [-0.1, -0.05) is 0 Å². The number of thioether (sulfide) groups is 2. The van der Waals surface area contributed by atoms with E-state index in [-0.39, 0.29) is 0 Å². The molecule has 1 fully saturated rings. The molecule has 1 rings (SSSR count). The minimum absolute atomic E-state index is 0.782. The number of hydrogen-bond acceptors (Lipinski definition) is 4. The van der Waals surface area contributed by atoms with Crippen molar-refractivity contribution in [1.82, 2.24) is 0 Å². The number of rotatable bonds is 2. The van der Waals surface area contributed by atoms with Gasteiger partial charge in [0.15, 0.2) is 0 Å². The molecule has 0 saturated carbocycles. The fourth-order valence-corrected chi connectivity index (χ4v) is 4.70. The molecule has 0 nitrogen and oxygen atoms in total. The van der Waals surface area contributed by atoms with Crippen LogP contribution in [0.25, 0.3) is 0 Å². The first-order valence-corrected chi connectivity index (χ1v) is 6.68. The van der Waals surface area contributed by atoms with E-state index >= 15 is 0 Å². The zero-order valence-electron chi connectivity index (χ0n) is 5.69. The predicted molar refractivity (Wildman–Crippen MR) is 60.2 cm³/mol. The Balaban J connectivity index is 2.17. The van der Waals surface area contributed by atoms with Crippen LogP contribution >= 0.6 is 48.8 Å². The number of hydrogen-bond donors (Lipinski definition) is 2. The van der Waals surface area contributed by atoms with E-state index in [1.807, 2.05) is 23.5 Å². The van der Waals surface area contributed by atoms with Crippen molar-refractivity contribution in [2.45, 2.75) is 10.5 Å². The molecule has 1 aliphatic heterocycles. The first-order valence-electron chi connectivity index (χ1n) is 3.31. The smallest absolute Gasteiger partial charge is 0.0226 e. The molecular weight excluding hydrogens is 200 g/mol. The first-order chi connectivity index (χ1) is 4.86. The zero-order valence-corrected chi connectivity index (χ0v) is 9.12. The van der Waals surface area contributed by atoms with E-state index in [0.717, 1.165) is 22.0 Å². The van der Waals surface area contributed by atoms with Crippen LogP contribution in [0.5, 0.6) is 0 Å². The molecule has 0 aromatic carbocycles. The van der Waals surface area contributed by atoms with Crippen LogP contribution in [-0.4, -0.2) is 33.5 Å². The molecule has 1 aliphatic rings. The lowest BCUT2D eigenvalue weighted by Gasteiger charge is -2.25. The maximum atomic E-state index is 4.27. The highest BCUT2D eigenvalue weighted by atomic mass is 32.2. The Morgan fingerprint density at radius 2 is 1.40 bits per heavy atom. The Bertz CT molecular complexity index is 75.7. The normalized spacial score (nSPS) is 34.2. The summed E-state index contributed by atoms with van der Waals surface area (Å²) in [6, 6.07) is 0. The van der Waals surface area contributed by atoms with E-state index in [1.54, 1.807) is 0 Å². The average Bonchev–Trinajstić information content (AvgIpc) is 2.05. The monoisotopic (exact) mass is 212 g/mol. The molecule has 2 unspecified atom stereocenters. The van der Waals surface area contributed by atoms with Crippen molar-refractivity contribution in [1.29, 1.82) is 0 Å². The summed E-state index contributed by atoms with van der Waals surface area (Å²) >= 11 is 12.6. The van der Waals surface area contributed by atoms with Crippen molar-refractivity contribution in [3.8, 4) is 0 Å². The molecular formula is C6H12S4. The van der Waals surface area contributed by atoms with Crippen molar-refractivity contribution >= 4 is 48.8 Å². The van der Waals surface area contributed by atoms with Gasteiger partial charge < -0.3 is 0 Å². The van der Waals surface area contributed by atoms with Crippen molar-refractivity contribution in [3.05, 3.63) is 0 Å². The van der Waals surface area contributed by atoms with Gasteiger partial charge in [0.25, 0.3) is 0 Å². The Kier molecular flexibility index (Phi) is 4.86. The van der Waals surface area contributed by atoms with Crippen molar-refractivity contribution < 1.29 is 0 Å². The summed E-state index contributed by atoms with van der Waals surface area (Å²) in [7, 11) is 0. The molecule has 0 amide bonds. The van der Waals surface area contributed by atoms with E-state index in [9.17, 15) is 0 Å². The highest BCUT2D eigenvalue weighted by Gasteiger charge is 2.19. The van der Waals surface area contributed by atoms with Crippen molar-refractivity contribution in [3.63, 3.8) is 0 Å². The topological polar surface area (TPSA) is 0 Å². The molecule has 0 N–H and O–H groups in total. The molecule has 1 saturated heterocycles. The quantitative estimate of drug-likeness (QED) is 0.673. The van der Waals surface area contributed by atoms with Crippen LogP contribution in [0.4, 0.5) is 0 Å². The van der Waals surface area contributed by atoms with Crippen LogP contribution in [0.2, 0.25) is 0 Å². The molecule has 0 spiro atoms. The summed E-state index contributed by atoms with van der Waals surface area (Å²) in [6.07, 6.45) is 0. The fraction of sp³-hybridized carbons (Fsp3) is 1.00. The van der Waals surface area contributed by atoms with Crippen LogP contribution in [0.1, 0.15) is 0 Å². The third-order valence-corrected chi connectivity index (χ3v) is 6.04.